The van der Waals surface area contributed by atoms with Crippen molar-refractivity contribution in [3.8, 4) is 11.8 Å². The Morgan fingerprint density at radius 3 is 2.36 bits per heavy atom. The van der Waals surface area contributed by atoms with Crippen LogP contribution < -0.4 is 0 Å². The maximum atomic E-state index is 13.3. The van der Waals surface area contributed by atoms with E-state index in [1.165, 1.54) is 28.8 Å². The minimum atomic E-state index is -1.23. The van der Waals surface area contributed by atoms with Crippen LogP contribution in [0.25, 0.3) is 5.69 Å². The Kier molecular flexibility index (Phi) is 3.57. The molecule has 0 saturated carbocycles. The number of carbonyl (C=O) groups excluding carboxylic acids is 1. The average molecular weight is 340 g/mol. The molecule has 3 rings (SSSR count). The Balaban J connectivity index is 2.49. The van der Waals surface area contributed by atoms with Gasteiger partial charge in [0.2, 0.25) is 0 Å². The highest BCUT2D eigenvalue weighted by Crippen LogP contribution is 2.53. The van der Waals surface area contributed by atoms with Gasteiger partial charge in [0.05, 0.1) is 17.2 Å². The number of fused-ring (bicyclic) bond motifs is 1. The van der Waals surface area contributed by atoms with Gasteiger partial charge in [-0.2, -0.15) is 5.26 Å². The van der Waals surface area contributed by atoms with E-state index >= 15 is 0 Å². The minimum Gasteiger partial charge on any atom is -0.477 e. The zero-order chi connectivity index (χ0) is 18.6. The Bertz CT molecular complexity index is 935. The summed E-state index contributed by atoms with van der Waals surface area (Å²) in [5.41, 5.74) is -0.152. The van der Waals surface area contributed by atoms with Gasteiger partial charge in [0.1, 0.15) is 11.5 Å². The first-order chi connectivity index (χ1) is 11.7. The fourth-order valence-corrected chi connectivity index (χ4v) is 4.14. The molecule has 0 amide bonds. The molecule has 1 aromatic heterocycles. The summed E-state index contributed by atoms with van der Waals surface area (Å²) in [4.78, 5) is 23.9. The van der Waals surface area contributed by atoms with Gasteiger partial charge in [0.15, 0.2) is 6.29 Å². The molecule has 0 saturated heterocycles. The van der Waals surface area contributed by atoms with Crippen molar-refractivity contribution in [3.63, 3.8) is 0 Å². The summed E-state index contributed by atoms with van der Waals surface area (Å²) in [6.07, 6.45) is 1.03. The van der Waals surface area contributed by atoms with Gasteiger partial charge in [0.25, 0.3) is 0 Å². The van der Waals surface area contributed by atoms with Crippen LogP contribution in [0.15, 0.2) is 24.3 Å². The number of carbonyl (C=O) groups is 2. The van der Waals surface area contributed by atoms with Crippen LogP contribution in [0.5, 0.6) is 0 Å². The minimum absolute atomic E-state index is 0.113. The van der Waals surface area contributed by atoms with E-state index in [0.717, 1.165) is 0 Å². The average Bonchev–Trinajstić information content (AvgIpc) is 3.00. The third-order valence-electron chi connectivity index (χ3n) is 4.88. The van der Waals surface area contributed by atoms with Crippen LogP contribution in [0.2, 0.25) is 0 Å². The Morgan fingerprint density at radius 1 is 1.28 bits per heavy atom. The maximum absolute atomic E-state index is 13.3. The largest absolute Gasteiger partial charge is 0.477 e. The van der Waals surface area contributed by atoms with Crippen molar-refractivity contribution < 1.29 is 19.1 Å². The molecule has 1 aliphatic rings. The number of carboxylic acid groups (broad SMARTS) is 1. The van der Waals surface area contributed by atoms with E-state index in [-0.39, 0.29) is 11.4 Å². The van der Waals surface area contributed by atoms with Crippen LogP contribution in [0.3, 0.4) is 0 Å². The highest BCUT2D eigenvalue weighted by molar-refractivity contribution is 5.95. The second-order valence-electron chi connectivity index (χ2n) is 7.22. The van der Waals surface area contributed by atoms with Crippen molar-refractivity contribution >= 4 is 12.3 Å². The number of hydrogen-bond donors (Lipinski definition) is 1. The monoisotopic (exact) mass is 340 g/mol. The normalized spacial score (nSPS) is 20.8. The quantitative estimate of drug-likeness (QED) is 0.866. The summed E-state index contributed by atoms with van der Waals surface area (Å²) in [6, 6.07) is 7.46. The lowest BCUT2D eigenvalue weighted by molar-refractivity contribution is 0.0685. The zero-order valence-electron chi connectivity index (χ0n) is 14.1. The molecule has 1 N–H and O–H groups in total. The molecular formula is C19H17FN2O3. The van der Waals surface area contributed by atoms with E-state index in [1.807, 2.05) is 13.8 Å². The van der Waals surface area contributed by atoms with E-state index < -0.39 is 22.6 Å². The van der Waals surface area contributed by atoms with E-state index in [2.05, 4.69) is 6.07 Å². The van der Waals surface area contributed by atoms with Gasteiger partial charge < -0.3 is 9.67 Å². The topological polar surface area (TPSA) is 83.1 Å². The van der Waals surface area contributed by atoms with Crippen molar-refractivity contribution in [3.05, 3.63) is 52.6 Å². The molecule has 1 aliphatic carbocycles. The maximum Gasteiger partial charge on any atom is 0.353 e. The second-order valence-corrected chi connectivity index (χ2v) is 7.22. The van der Waals surface area contributed by atoms with Crippen LogP contribution in [0, 0.1) is 17.1 Å². The molecule has 25 heavy (non-hydrogen) atoms. The first kappa shape index (κ1) is 16.9. The molecule has 1 heterocycles. The molecular weight excluding hydrogens is 323 g/mol. The van der Waals surface area contributed by atoms with Gasteiger partial charge in [-0.25, -0.2) is 9.18 Å². The molecule has 1 aromatic carbocycles. The standard InChI is InChI=1S/C19H17FN2O3/c1-18(2)9-19(3,10-21)15-14(18)13(8-23)22(16(15)17(24)25)12-6-4-11(20)5-7-12/h4-8H,9H2,1-3H3,(H,24,25). The van der Waals surface area contributed by atoms with Crippen LogP contribution in [-0.2, 0) is 10.8 Å². The molecule has 0 radical (unpaired) electrons. The summed E-state index contributed by atoms with van der Waals surface area (Å²) >= 11 is 0. The van der Waals surface area contributed by atoms with Gasteiger partial charge in [-0.1, -0.05) is 13.8 Å². The highest BCUT2D eigenvalue weighted by atomic mass is 19.1. The predicted octanol–water partition coefficient (Wildman–Crippen LogP) is 3.59. The highest BCUT2D eigenvalue weighted by Gasteiger charge is 2.51. The number of halogens is 1. The number of aldehydes is 1. The smallest absolute Gasteiger partial charge is 0.353 e. The first-order valence-corrected chi connectivity index (χ1v) is 7.81. The fourth-order valence-electron chi connectivity index (χ4n) is 4.14. The fraction of sp³-hybridized carbons (Fsp3) is 0.316. The summed E-state index contributed by atoms with van der Waals surface area (Å²) in [5.74, 6) is -1.69. The zero-order valence-corrected chi connectivity index (χ0v) is 14.1. The lowest BCUT2D eigenvalue weighted by Crippen LogP contribution is -2.24. The third kappa shape index (κ3) is 2.27. The summed E-state index contributed by atoms with van der Waals surface area (Å²) in [5, 5.41) is 19.5. The molecule has 0 bridgehead atoms. The van der Waals surface area contributed by atoms with E-state index in [4.69, 9.17) is 0 Å². The van der Waals surface area contributed by atoms with Gasteiger partial charge in [0, 0.05) is 11.3 Å². The number of carboxylic acids is 1. The van der Waals surface area contributed by atoms with Crippen molar-refractivity contribution in [2.45, 2.75) is 38.0 Å². The number of benzene rings is 1. The van der Waals surface area contributed by atoms with Gasteiger partial charge in [-0.05, 0) is 48.6 Å². The molecule has 0 fully saturated rings. The molecule has 1 atom stereocenters. The number of aromatic nitrogens is 1. The molecule has 1 unspecified atom stereocenters. The van der Waals surface area contributed by atoms with Crippen molar-refractivity contribution in [1.29, 1.82) is 5.26 Å². The number of hydrogen-bond acceptors (Lipinski definition) is 3. The third-order valence-corrected chi connectivity index (χ3v) is 4.88. The summed E-state index contributed by atoms with van der Waals surface area (Å²) in [7, 11) is 0. The van der Waals surface area contributed by atoms with Crippen LogP contribution >= 0.6 is 0 Å². The molecule has 2 aromatic rings. The molecule has 6 heteroatoms. The number of nitriles is 1. The molecule has 5 nitrogen and oxygen atoms in total. The van der Waals surface area contributed by atoms with E-state index in [0.29, 0.717) is 29.5 Å². The Hall–Kier alpha value is -2.94. The Morgan fingerprint density at radius 2 is 1.88 bits per heavy atom. The van der Waals surface area contributed by atoms with Gasteiger partial charge in [-0.15, -0.1) is 0 Å². The lowest BCUT2D eigenvalue weighted by Gasteiger charge is -2.24. The van der Waals surface area contributed by atoms with E-state index in [1.54, 1.807) is 6.92 Å². The predicted molar refractivity (Wildman–Crippen MR) is 88.7 cm³/mol. The SMILES string of the molecule is CC1(C)CC(C)(C#N)c2c1c(C=O)n(-c1ccc(F)cc1)c2C(=O)O. The van der Waals surface area contributed by atoms with Gasteiger partial charge in [-0.3, -0.25) is 4.79 Å². The summed E-state index contributed by atoms with van der Waals surface area (Å²) < 4.78 is 14.6. The van der Waals surface area contributed by atoms with Crippen LogP contribution in [-0.4, -0.2) is 21.9 Å². The first-order valence-electron chi connectivity index (χ1n) is 7.81. The molecule has 128 valence electrons. The van der Waals surface area contributed by atoms with Crippen LogP contribution in [0.1, 0.15) is 59.3 Å². The number of rotatable bonds is 3. The second kappa shape index (κ2) is 5.28. The van der Waals surface area contributed by atoms with E-state index in [9.17, 15) is 24.3 Å². The van der Waals surface area contributed by atoms with Crippen molar-refractivity contribution in [2.75, 3.05) is 0 Å². The van der Waals surface area contributed by atoms with Gasteiger partial charge >= 0.3 is 5.97 Å². The summed E-state index contributed by atoms with van der Waals surface area (Å²) in [6.45, 7) is 5.47. The molecule has 0 spiro atoms. The lowest BCUT2D eigenvalue weighted by atomic mass is 9.80. The van der Waals surface area contributed by atoms with Crippen molar-refractivity contribution in [1.82, 2.24) is 4.57 Å². The number of aromatic carboxylic acids is 1. The van der Waals surface area contributed by atoms with Crippen molar-refractivity contribution in [2.24, 2.45) is 0 Å². The molecule has 0 aliphatic heterocycles. The Labute approximate surface area is 144 Å². The van der Waals surface area contributed by atoms with Crippen LogP contribution in [0.4, 0.5) is 4.39 Å². The number of nitrogens with zero attached hydrogens (tertiary/aromatic N) is 2.